The number of benzene rings is 1. The number of nitrogens with zero attached hydrogens (tertiary/aromatic N) is 1. The number of pyridine rings is 1. The van der Waals surface area contributed by atoms with E-state index in [0.717, 1.165) is 23.1 Å². The van der Waals surface area contributed by atoms with E-state index >= 15 is 0 Å². The van der Waals surface area contributed by atoms with Gasteiger partial charge in [-0.2, -0.15) is 0 Å². The van der Waals surface area contributed by atoms with E-state index in [4.69, 9.17) is 4.74 Å². The zero-order chi connectivity index (χ0) is 12.8. The molecule has 4 heteroatoms. The molecule has 0 amide bonds. The maximum atomic E-state index is 5.56. The van der Waals surface area contributed by atoms with Crippen LogP contribution in [0.25, 0.3) is 0 Å². The van der Waals surface area contributed by atoms with Crippen LogP contribution in [0.4, 0.5) is 17.3 Å². The number of rotatable bonds is 5. The average Bonchev–Trinajstić information content (AvgIpc) is 2.41. The lowest BCUT2D eigenvalue weighted by Gasteiger charge is -2.12. The quantitative estimate of drug-likeness (QED) is 0.846. The van der Waals surface area contributed by atoms with Crippen molar-refractivity contribution in [3.8, 4) is 5.75 Å². The van der Waals surface area contributed by atoms with Crippen molar-refractivity contribution in [2.75, 3.05) is 24.3 Å². The lowest BCUT2D eigenvalue weighted by molar-refractivity contribution is 0.342. The van der Waals surface area contributed by atoms with E-state index in [9.17, 15) is 0 Å². The largest absolute Gasteiger partial charge is 0.492 e. The van der Waals surface area contributed by atoms with Crippen LogP contribution in [0.1, 0.15) is 6.92 Å². The SMILES string of the molecule is CCOc1ccccc1Nc1cccc(NC)n1. The minimum atomic E-state index is 0.642. The Morgan fingerprint density at radius 3 is 2.61 bits per heavy atom. The number of aromatic nitrogens is 1. The Hall–Kier alpha value is -2.23. The number of hydrogen-bond donors (Lipinski definition) is 2. The molecule has 0 unspecified atom stereocenters. The Morgan fingerprint density at radius 1 is 1.06 bits per heavy atom. The summed E-state index contributed by atoms with van der Waals surface area (Å²) in [6, 6.07) is 13.6. The van der Waals surface area contributed by atoms with Gasteiger partial charge in [0, 0.05) is 7.05 Å². The third-order valence-electron chi connectivity index (χ3n) is 2.45. The van der Waals surface area contributed by atoms with Crippen LogP contribution in [0, 0.1) is 0 Å². The molecule has 0 bridgehead atoms. The number of hydrogen-bond acceptors (Lipinski definition) is 4. The van der Waals surface area contributed by atoms with Crippen molar-refractivity contribution in [1.82, 2.24) is 4.98 Å². The molecule has 0 atom stereocenters. The normalized spacial score (nSPS) is 9.89. The fourth-order valence-electron chi connectivity index (χ4n) is 1.63. The molecule has 0 aliphatic rings. The highest BCUT2D eigenvalue weighted by molar-refractivity contribution is 5.64. The first-order valence-electron chi connectivity index (χ1n) is 5.97. The molecule has 0 aliphatic carbocycles. The second-order valence-corrected chi connectivity index (χ2v) is 3.71. The third-order valence-corrected chi connectivity index (χ3v) is 2.45. The zero-order valence-electron chi connectivity index (χ0n) is 10.6. The molecule has 0 spiro atoms. The van der Waals surface area contributed by atoms with E-state index < -0.39 is 0 Å². The van der Waals surface area contributed by atoms with Gasteiger partial charge in [-0.05, 0) is 31.2 Å². The fraction of sp³-hybridized carbons (Fsp3) is 0.214. The first kappa shape index (κ1) is 12.2. The van der Waals surface area contributed by atoms with Gasteiger partial charge in [-0.1, -0.05) is 18.2 Å². The molecule has 0 fully saturated rings. The van der Waals surface area contributed by atoms with Gasteiger partial charge in [0.15, 0.2) is 0 Å². The summed E-state index contributed by atoms with van der Waals surface area (Å²) in [5.74, 6) is 2.44. The smallest absolute Gasteiger partial charge is 0.142 e. The first-order chi connectivity index (χ1) is 8.83. The Morgan fingerprint density at radius 2 is 1.83 bits per heavy atom. The lowest BCUT2D eigenvalue weighted by atomic mass is 10.3. The van der Waals surface area contributed by atoms with E-state index in [1.807, 2.05) is 56.4 Å². The standard InChI is InChI=1S/C14H17N3O/c1-3-18-12-8-5-4-7-11(12)16-14-10-6-9-13(15-2)17-14/h4-10H,3H2,1-2H3,(H2,15,16,17). The molecule has 2 rings (SSSR count). The van der Waals surface area contributed by atoms with Crippen molar-refractivity contribution in [3.05, 3.63) is 42.5 Å². The van der Waals surface area contributed by atoms with Gasteiger partial charge in [-0.3, -0.25) is 0 Å². The summed E-state index contributed by atoms with van der Waals surface area (Å²) in [6.45, 7) is 2.61. The highest BCUT2D eigenvalue weighted by Crippen LogP contribution is 2.26. The Kier molecular flexibility index (Phi) is 4.02. The van der Waals surface area contributed by atoms with Crippen LogP contribution >= 0.6 is 0 Å². The Bertz CT molecular complexity index is 514. The minimum absolute atomic E-state index is 0.642. The van der Waals surface area contributed by atoms with Gasteiger partial charge in [-0.25, -0.2) is 4.98 Å². The second-order valence-electron chi connectivity index (χ2n) is 3.71. The molecule has 1 heterocycles. The van der Waals surface area contributed by atoms with E-state index in [1.54, 1.807) is 0 Å². The van der Waals surface area contributed by atoms with Crippen molar-refractivity contribution < 1.29 is 4.74 Å². The molecule has 0 saturated heterocycles. The lowest BCUT2D eigenvalue weighted by Crippen LogP contribution is -2.00. The van der Waals surface area contributed by atoms with Crippen molar-refractivity contribution in [3.63, 3.8) is 0 Å². The van der Waals surface area contributed by atoms with Gasteiger partial charge in [0.05, 0.1) is 12.3 Å². The average molecular weight is 243 g/mol. The fourth-order valence-corrected chi connectivity index (χ4v) is 1.63. The number of ether oxygens (including phenoxy) is 1. The zero-order valence-corrected chi connectivity index (χ0v) is 10.6. The molecule has 1 aromatic heterocycles. The second kappa shape index (κ2) is 5.91. The predicted molar refractivity (Wildman–Crippen MR) is 74.7 cm³/mol. The summed E-state index contributed by atoms with van der Waals surface area (Å²) in [5, 5.41) is 6.27. The molecule has 4 nitrogen and oxygen atoms in total. The maximum Gasteiger partial charge on any atom is 0.142 e. The van der Waals surface area contributed by atoms with Gasteiger partial charge in [0.1, 0.15) is 17.4 Å². The molecule has 2 aromatic rings. The van der Waals surface area contributed by atoms with Gasteiger partial charge in [0.2, 0.25) is 0 Å². The molecule has 2 N–H and O–H groups in total. The van der Waals surface area contributed by atoms with E-state index in [2.05, 4.69) is 15.6 Å². The van der Waals surface area contributed by atoms with Crippen LogP contribution in [-0.2, 0) is 0 Å². The highest BCUT2D eigenvalue weighted by Gasteiger charge is 2.03. The molecular weight excluding hydrogens is 226 g/mol. The topological polar surface area (TPSA) is 46.2 Å². The summed E-state index contributed by atoms with van der Waals surface area (Å²) in [4.78, 5) is 4.41. The maximum absolute atomic E-state index is 5.56. The van der Waals surface area contributed by atoms with Crippen LogP contribution in [0.15, 0.2) is 42.5 Å². The van der Waals surface area contributed by atoms with Gasteiger partial charge in [0.25, 0.3) is 0 Å². The number of anilines is 3. The van der Waals surface area contributed by atoms with Crippen LogP contribution in [-0.4, -0.2) is 18.6 Å². The summed E-state index contributed by atoms with van der Waals surface area (Å²) in [6.07, 6.45) is 0. The van der Waals surface area contributed by atoms with E-state index in [1.165, 1.54) is 0 Å². The van der Waals surface area contributed by atoms with Gasteiger partial charge in [-0.15, -0.1) is 0 Å². The Balaban J connectivity index is 2.22. The predicted octanol–water partition coefficient (Wildman–Crippen LogP) is 3.27. The van der Waals surface area contributed by atoms with Crippen LogP contribution in [0.5, 0.6) is 5.75 Å². The van der Waals surface area contributed by atoms with E-state index in [-0.39, 0.29) is 0 Å². The first-order valence-corrected chi connectivity index (χ1v) is 5.97. The van der Waals surface area contributed by atoms with Crippen LogP contribution in [0.3, 0.4) is 0 Å². The number of nitrogens with one attached hydrogen (secondary N) is 2. The van der Waals surface area contributed by atoms with Crippen LogP contribution < -0.4 is 15.4 Å². The minimum Gasteiger partial charge on any atom is -0.492 e. The van der Waals surface area contributed by atoms with Crippen molar-refractivity contribution in [2.24, 2.45) is 0 Å². The highest BCUT2D eigenvalue weighted by atomic mass is 16.5. The molecule has 0 aliphatic heterocycles. The monoisotopic (exact) mass is 243 g/mol. The summed E-state index contributed by atoms with van der Waals surface area (Å²) in [5.41, 5.74) is 0.917. The third kappa shape index (κ3) is 2.91. The van der Waals surface area contributed by atoms with Gasteiger partial charge >= 0.3 is 0 Å². The molecular formula is C14H17N3O. The Labute approximate surface area is 107 Å². The summed E-state index contributed by atoms with van der Waals surface area (Å²) in [7, 11) is 1.85. The molecule has 0 radical (unpaired) electrons. The van der Waals surface area contributed by atoms with E-state index in [0.29, 0.717) is 6.61 Å². The van der Waals surface area contributed by atoms with Gasteiger partial charge < -0.3 is 15.4 Å². The number of para-hydroxylation sites is 2. The van der Waals surface area contributed by atoms with Crippen molar-refractivity contribution >= 4 is 17.3 Å². The molecule has 94 valence electrons. The summed E-state index contributed by atoms with van der Waals surface area (Å²) < 4.78 is 5.56. The van der Waals surface area contributed by atoms with Crippen molar-refractivity contribution in [1.29, 1.82) is 0 Å². The molecule has 18 heavy (non-hydrogen) atoms. The molecule has 1 aromatic carbocycles. The van der Waals surface area contributed by atoms with Crippen molar-refractivity contribution in [2.45, 2.75) is 6.92 Å². The summed E-state index contributed by atoms with van der Waals surface area (Å²) >= 11 is 0. The van der Waals surface area contributed by atoms with Crippen LogP contribution in [0.2, 0.25) is 0 Å². The molecule has 0 saturated carbocycles.